The summed E-state index contributed by atoms with van der Waals surface area (Å²) < 4.78 is 51.3. The van der Waals surface area contributed by atoms with E-state index in [0.717, 1.165) is 36.8 Å². The minimum absolute atomic E-state index is 0.171. The first-order valence-corrected chi connectivity index (χ1v) is 13.5. The summed E-state index contributed by atoms with van der Waals surface area (Å²) in [5.74, 6) is -0.514. The van der Waals surface area contributed by atoms with Gasteiger partial charge < -0.3 is 5.32 Å². The lowest BCUT2D eigenvalue weighted by atomic mass is 9.92. The number of sulfone groups is 2. The largest absolute Gasteiger partial charge is 0.308 e. The Labute approximate surface area is 177 Å². The zero-order valence-electron chi connectivity index (χ0n) is 16.0. The van der Waals surface area contributed by atoms with E-state index in [4.69, 9.17) is 11.6 Å². The van der Waals surface area contributed by atoms with Crippen molar-refractivity contribution in [3.63, 3.8) is 0 Å². The molecule has 4 rings (SSSR count). The Morgan fingerprint density at radius 3 is 2.38 bits per heavy atom. The zero-order valence-corrected chi connectivity index (χ0v) is 18.4. The molecule has 2 atom stereocenters. The van der Waals surface area contributed by atoms with Crippen LogP contribution in [0.3, 0.4) is 0 Å². The Morgan fingerprint density at radius 1 is 0.966 bits per heavy atom. The van der Waals surface area contributed by atoms with E-state index in [9.17, 15) is 16.8 Å². The van der Waals surface area contributed by atoms with Crippen LogP contribution in [-0.4, -0.2) is 39.6 Å². The molecule has 8 heteroatoms. The Hall–Kier alpha value is -1.41. The fourth-order valence-electron chi connectivity index (χ4n) is 4.22. The van der Waals surface area contributed by atoms with Gasteiger partial charge in [0.15, 0.2) is 19.7 Å². The van der Waals surface area contributed by atoms with E-state index in [-0.39, 0.29) is 16.4 Å². The van der Waals surface area contributed by atoms with Gasteiger partial charge in [0.25, 0.3) is 0 Å². The number of aryl methyl sites for hydroxylation is 2. The maximum absolute atomic E-state index is 13.4. The first kappa shape index (κ1) is 20.8. The molecule has 156 valence electrons. The summed E-state index contributed by atoms with van der Waals surface area (Å²) in [7, 11) is -7.19. The van der Waals surface area contributed by atoms with Gasteiger partial charge in [-0.25, -0.2) is 16.8 Å². The van der Waals surface area contributed by atoms with Gasteiger partial charge in [0.1, 0.15) is 0 Å². The molecule has 0 aromatic heterocycles. The van der Waals surface area contributed by atoms with Crippen molar-refractivity contribution in [3.8, 4) is 0 Å². The maximum Gasteiger partial charge on any atom is 0.183 e. The molecule has 0 amide bonds. The number of nitrogens with one attached hydrogen (secondary N) is 1. The van der Waals surface area contributed by atoms with Crippen LogP contribution in [0.1, 0.15) is 29.5 Å². The molecule has 1 saturated heterocycles. The molecule has 5 nitrogen and oxygen atoms in total. The molecule has 1 heterocycles. The molecule has 1 aliphatic heterocycles. The summed E-state index contributed by atoms with van der Waals surface area (Å²) in [6.07, 6.45) is 4.02. The summed E-state index contributed by atoms with van der Waals surface area (Å²) in [6, 6.07) is 11.8. The van der Waals surface area contributed by atoms with Gasteiger partial charge in [-0.3, -0.25) is 0 Å². The smallest absolute Gasteiger partial charge is 0.183 e. The molecule has 1 aliphatic carbocycles. The van der Waals surface area contributed by atoms with Crippen LogP contribution in [0.25, 0.3) is 0 Å². The molecular formula is C21H24ClNO4S2. The van der Waals surface area contributed by atoms with Crippen LogP contribution in [0.4, 0.5) is 0 Å². The van der Waals surface area contributed by atoms with E-state index < -0.39 is 31.0 Å². The van der Waals surface area contributed by atoms with Crippen LogP contribution >= 0.6 is 11.6 Å². The predicted octanol–water partition coefficient (Wildman–Crippen LogP) is 2.95. The van der Waals surface area contributed by atoms with Crippen LogP contribution in [0.15, 0.2) is 47.4 Å². The second kappa shape index (κ2) is 8.02. The van der Waals surface area contributed by atoms with E-state index in [0.29, 0.717) is 11.6 Å². The summed E-state index contributed by atoms with van der Waals surface area (Å²) in [4.78, 5) is 0.235. The van der Waals surface area contributed by atoms with Crippen LogP contribution in [0.2, 0.25) is 5.02 Å². The van der Waals surface area contributed by atoms with E-state index in [1.807, 2.05) is 18.2 Å². The van der Waals surface area contributed by atoms with Gasteiger partial charge in [-0.2, -0.15) is 0 Å². The van der Waals surface area contributed by atoms with Gasteiger partial charge in [-0.1, -0.05) is 29.8 Å². The molecule has 2 aromatic carbocycles. The molecule has 0 bridgehead atoms. The normalized spacial score (nSPS) is 23.6. The molecule has 0 radical (unpaired) electrons. The predicted molar refractivity (Wildman–Crippen MR) is 115 cm³/mol. The van der Waals surface area contributed by atoms with Crippen LogP contribution in [-0.2, 0) is 39.1 Å². The van der Waals surface area contributed by atoms with E-state index >= 15 is 0 Å². The lowest BCUT2D eigenvalue weighted by molar-refractivity contribution is 0.526. The van der Waals surface area contributed by atoms with Gasteiger partial charge in [0.2, 0.25) is 0 Å². The Balaban J connectivity index is 1.59. The van der Waals surface area contributed by atoms with E-state index in [1.54, 1.807) is 24.3 Å². The van der Waals surface area contributed by atoms with Crippen molar-refractivity contribution in [1.29, 1.82) is 0 Å². The molecule has 1 fully saturated rings. The highest BCUT2D eigenvalue weighted by molar-refractivity contribution is 7.96. The van der Waals surface area contributed by atoms with Crippen molar-refractivity contribution in [3.05, 3.63) is 64.2 Å². The third-order valence-electron chi connectivity index (χ3n) is 5.83. The number of rotatable bonds is 5. The van der Waals surface area contributed by atoms with Gasteiger partial charge in [0.05, 0.1) is 21.7 Å². The van der Waals surface area contributed by atoms with Crippen molar-refractivity contribution >= 4 is 31.3 Å². The van der Waals surface area contributed by atoms with Crippen molar-refractivity contribution in [2.45, 2.75) is 48.4 Å². The fraction of sp³-hybridized carbons (Fsp3) is 0.429. The van der Waals surface area contributed by atoms with Crippen molar-refractivity contribution in [2.24, 2.45) is 0 Å². The lowest BCUT2D eigenvalue weighted by Crippen LogP contribution is -2.43. The van der Waals surface area contributed by atoms with Crippen molar-refractivity contribution in [2.75, 3.05) is 11.5 Å². The van der Waals surface area contributed by atoms with E-state index in [2.05, 4.69) is 5.32 Å². The molecule has 0 unspecified atom stereocenters. The Bertz CT molecular complexity index is 1110. The molecular weight excluding hydrogens is 430 g/mol. The topological polar surface area (TPSA) is 80.3 Å². The SMILES string of the molecule is O=S1(=O)C[C@H](NCc2ccc(Cl)cc2)[C@@H](S(=O)(=O)c2ccc3c(c2)CCCC3)C1. The lowest BCUT2D eigenvalue weighted by Gasteiger charge is -2.22. The summed E-state index contributed by atoms with van der Waals surface area (Å²) in [5.41, 5.74) is 3.19. The highest BCUT2D eigenvalue weighted by atomic mass is 35.5. The quantitative estimate of drug-likeness (QED) is 0.752. The Morgan fingerprint density at radius 2 is 1.66 bits per heavy atom. The molecule has 29 heavy (non-hydrogen) atoms. The molecule has 1 N–H and O–H groups in total. The van der Waals surface area contributed by atoms with E-state index in [1.165, 1.54) is 5.56 Å². The van der Waals surface area contributed by atoms with Crippen molar-refractivity contribution < 1.29 is 16.8 Å². The first-order valence-electron chi connectivity index (χ1n) is 9.78. The number of halogens is 1. The van der Waals surface area contributed by atoms with Gasteiger partial charge >= 0.3 is 0 Å². The second-order valence-electron chi connectivity index (χ2n) is 7.91. The molecule has 2 aromatic rings. The minimum atomic E-state index is -3.77. The van der Waals surface area contributed by atoms with Gasteiger partial charge in [-0.15, -0.1) is 0 Å². The summed E-state index contributed by atoms with van der Waals surface area (Å²) >= 11 is 5.90. The monoisotopic (exact) mass is 453 g/mol. The highest BCUT2D eigenvalue weighted by Crippen LogP contribution is 2.30. The number of hydrogen-bond acceptors (Lipinski definition) is 5. The number of benzene rings is 2. The number of hydrogen-bond donors (Lipinski definition) is 1. The third-order valence-corrected chi connectivity index (χ3v) is 10.2. The third kappa shape index (κ3) is 4.53. The molecule has 2 aliphatic rings. The van der Waals surface area contributed by atoms with Crippen LogP contribution < -0.4 is 5.32 Å². The average molecular weight is 454 g/mol. The fourth-order valence-corrected chi connectivity index (χ4v) is 9.12. The standard InChI is InChI=1S/C21H24ClNO4S2/c22-18-8-5-15(6-9-18)12-23-20-13-28(24,25)14-21(20)29(26,27)19-10-7-16-3-1-2-4-17(16)11-19/h5-11,20-21,23H,1-4,12-14H2/t20-,21-/m0/s1. The van der Waals surface area contributed by atoms with Gasteiger partial charge in [0, 0.05) is 17.6 Å². The summed E-state index contributed by atoms with van der Waals surface area (Å²) in [6.45, 7) is 0.383. The summed E-state index contributed by atoms with van der Waals surface area (Å²) in [5, 5.41) is 2.79. The number of fused-ring (bicyclic) bond motifs is 1. The second-order valence-corrected chi connectivity index (χ2v) is 12.7. The van der Waals surface area contributed by atoms with Gasteiger partial charge in [-0.05, 0) is 66.6 Å². The Kier molecular flexibility index (Phi) is 5.77. The highest BCUT2D eigenvalue weighted by Gasteiger charge is 2.45. The minimum Gasteiger partial charge on any atom is -0.308 e. The maximum atomic E-state index is 13.4. The first-order chi connectivity index (χ1) is 13.7. The average Bonchev–Trinajstić information content (AvgIpc) is 3.02. The molecule has 0 spiro atoms. The van der Waals surface area contributed by atoms with Crippen LogP contribution in [0.5, 0.6) is 0 Å². The zero-order chi connectivity index (χ0) is 20.6. The molecule has 0 saturated carbocycles. The van der Waals surface area contributed by atoms with Crippen molar-refractivity contribution in [1.82, 2.24) is 5.32 Å². The van der Waals surface area contributed by atoms with Crippen LogP contribution in [0, 0.1) is 0 Å².